The Kier molecular flexibility index (Phi) is 8.35. The van der Waals surface area contributed by atoms with E-state index in [9.17, 15) is 18.0 Å². The van der Waals surface area contributed by atoms with Gasteiger partial charge in [0.15, 0.2) is 0 Å². The Bertz CT molecular complexity index is 1730. The Labute approximate surface area is 245 Å². The Balaban J connectivity index is 1.33. The van der Waals surface area contributed by atoms with Crippen LogP contribution in [0.25, 0.3) is 10.8 Å². The Hall–Kier alpha value is -4.57. The molecule has 0 radical (unpaired) electrons. The lowest BCUT2D eigenvalue weighted by Gasteiger charge is -2.16. The second-order valence-electron chi connectivity index (χ2n) is 9.79. The quantitative estimate of drug-likeness (QED) is 0.263. The number of nitrogens with one attached hydrogen (secondary N) is 1. The molecule has 0 spiro atoms. The summed E-state index contributed by atoms with van der Waals surface area (Å²) in [6, 6.07) is 21.2. The number of carbonyl (C=O) groups excluding carboxylic acids is 2. The fourth-order valence-corrected chi connectivity index (χ4v) is 6.27. The highest BCUT2D eigenvalue weighted by molar-refractivity contribution is 7.89. The number of ether oxygens (including phenoxy) is 3. The van der Waals surface area contributed by atoms with Crippen molar-refractivity contribution in [2.75, 3.05) is 25.2 Å². The van der Waals surface area contributed by atoms with Crippen LogP contribution in [-0.4, -0.2) is 40.6 Å². The van der Waals surface area contributed by atoms with Crippen molar-refractivity contribution in [1.29, 1.82) is 0 Å². The third kappa shape index (κ3) is 5.89. The maximum Gasteiger partial charge on any atom is 0.262 e. The van der Waals surface area contributed by atoms with Gasteiger partial charge in [-0.2, -0.15) is 0 Å². The van der Waals surface area contributed by atoms with Crippen molar-refractivity contribution < 1.29 is 32.2 Å². The van der Waals surface area contributed by atoms with Crippen molar-refractivity contribution in [3.05, 3.63) is 95.1 Å². The fourth-order valence-electron chi connectivity index (χ4n) is 5.15. The largest absolute Gasteiger partial charge is 0.497 e. The molecular weight excluding hydrogens is 556 g/mol. The number of fused-ring (bicyclic) bond motifs is 2. The van der Waals surface area contributed by atoms with Crippen molar-refractivity contribution in [3.63, 3.8) is 0 Å². The Morgan fingerprint density at radius 3 is 2.07 bits per heavy atom. The maximum absolute atomic E-state index is 13.8. The van der Waals surface area contributed by atoms with E-state index in [1.54, 1.807) is 60.5 Å². The fraction of sp³-hybridized carbons (Fsp3) is 0.250. The van der Waals surface area contributed by atoms with E-state index in [0.29, 0.717) is 52.8 Å². The zero-order chi connectivity index (χ0) is 29.9. The third-order valence-corrected chi connectivity index (χ3v) is 8.22. The molecule has 4 aromatic carbocycles. The van der Waals surface area contributed by atoms with E-state index in [-0.39, 0.29) is 24.6 Å². The molecule has 1 heterocycles. The molecule has 2 amide bonds. The average molecular weight is 589 g/mol. The third-order valence-electron chi connectivity index (χ3n) is 6.97. The van der Waals surface area contributed by atoms with Gasteiger partial charge in [-0.05, 0) is 49.2 Å². The van der Waals surface area contributed by atoms with Crippen LogP contribution in [0.15, 0.2) is 72.8 Å². The molecule has 0 atom stereocenters. The second-order valence-corrected chi connectivity index (χ2v) is 11.5. The van der Waals surface area contributed by atoms with Crippen LogP contribution in [0.5, 0.6) is 17.2 Å². The lowest BCUT2D eigenvalue weighted by Crippen LogP contribution is -2.32. The Morgan fingerprint density at radius 1 is 0.857 bits per heavy atom. The van der Waals surface area contributed by atoms with Gasteiger partial charge in [0.05, 0.1) is 44.6 Å². The van der Waals surface area contributed by atoms with Crippen molar-refractivity contribution >= 4 is 38.3 Å². The highest BCUT2D eigenvalue weighted by Gasteiger charge is 2.36. The van der Waals surface area contributed by atoms with E-state index in [2.05, 4.69) is 4.72 Å². The number of rotatable bonds is 11. The molecule has 0 aliphatic carbocycles. The minimum atomic E-state index is -3.94. The molecule has 0 saturated carbocycles. The number of hydrogen-bond donors (Lipinski definition) is 1. The summed E-state index contributed by atoms with van der Waals surface area (Å²) in [6.07, 6.45) is -0.0811. The highest BCUT2D eigenvalue weighted by atomic mass is 32.2. The summed E-state index contributed by atoms with van der Waals surface area (Å²) >= 11 is 0. The molecule has 42 heavy (non-hydrogen) atoms. The monoisotopic (exact) mass is 588 g/mol. The van der Waals surface area contributed by atoms with Gasteiger partial charge < -0.3 is 19.1 Å². The summed E-state index contributed by atoms with van der Waals surface area (Å²) in [5.74, 6) is 0.617. The summed E-state index contributed by atoms with van der Waals surface area (Å²) in [4.78, 5) is 27.8. The number of methoxy groups -OCH3 is 1. The smallest absolute Gasteiger partial charge is 0.262 e. The van der Waals surface area contributed by atoms with E-state index in [0.717, 1.165) is 16.3 Å². The minimum absolute atomic E-state index is 0.0811. The number of sulfonamides is 1. The summed E-state index contributed by atoms with van der Waals surface area (Å²) in [6.45, 7) is 4.91. The molecule has 1 aliphatic rings. The van der Waals surface area contributed by atoms with Crippen molar-refractivity contribution in [2.45, 2.75) is 32.6 Å². The first kappa shape index (κ1) is 28.9. The molecule has 0 saturated heterocycles. The van der Waals surface area contributed by atoms with Crippen molar-refractivity contribution in [1.82, 2.24) is 4.72 Å². The van der Waals surface area contributed by atoms with Gasteiger partial charge in [0, 0.05) is 22.0 Å². The van der Waals surface area contributed by atoms with E-state index < -0.39 is 15.9 Å². The van der Waals surface area contributed by atoms with Gasteiger partial charge in [-0.15, -0.1) is 0 Å². The number of anilines is 1. The zero-order valence-corrected chi connectivity index (χ0v) is 24.5. The van der Waals surface area contributed by atoms with Gasteiger partial charge in [0.1, 0.15) is 17.2 Å². The van der Waals surface area contributed by atoms with Gasteiger partial charge in [0.2, 0.25) is 15.9 Å². The van der Waals surface area contributed by atoms with Crippen LogP contribution >= 0.6 is 0 Å². The molecule has 4 aromatic rings. The van der Waals surface area contributed by atoms with Gasteiger partial charge in [-0.1, -0.05) is 48.5 Å². The number of amides is 2. The molecule has 0 bridgehead atoms. The van der Waals surface area contributed by atoms with E-state index >= 15 is 0 Å². The summed E-state index contributed by atoms with van der Waals surface area (Å²) in [5.41, 5.74) is 2.98. The van der Waals surface area contributed by atoms with E-state index in [4.69, 9.17) is 14.2 Å². The molecule has 0 unspecified atom stereocenters. The van der Waals surface area contributed by atoms with Crippen LogP contribution in [0.1, 0.15) is 40.9 Å². The van der Waals surface area contributed by atoms with Gasteiger partial charge in [0.25, 0.3) is 5.91 Å². The summed E-state index contributed by atoms with van der Waals surface area (Å²) in [7, 11) is -2.39. The lowest BCUT2D eigenvalue weighted by molar-refractivity contribution is -0.118. The number of carbonyl (C=O) groups is 2. The van der Waals surface area contributed by atoms with Crippen LogP contribution in [0.2, 0.25) is 0 Å². The molecular formula is C32H32N2O7S. The van der Waals surface area contributed by atoms with Crippen LogP contribution in [0, 0.1) is 0 Å². The molecule has 9 nitrogen and oxygen atoms in total. The predicted molar refractivity (Wildman–Crippen MR) is 161 cm³/mol. The summed E-state index contributed by atoms with van der Waals surface area (Å²) in [5, 5.41) is 1.69. The zero-order valence-electron chi connectivity index (χ0n) is 23.7. The molecule has 1 N–H and O–H groups in total. The lowest BCUT2D eigenvalue weighted by atomic mass is 9.99. The standard InChI is InChI=1S/C32H32N2O7S/c1-4-40-30-25-8-6-7-9-26(25)31(41-5-2)29-27(30)19-34(32(29)36)23-14-10-22(11-15-23)20-42(37,38)33-28(35)18-21-12-16-24(39-3)17-13-21/h6-17H,4-5,18-20H2,1-3H3,(H,33,35). The second kappa shape index (κ2) is 12.1. The molecule has 218 valence electrons. The first-order valence-electron chi connectivity index (χ1n) is 13.6. The number of benzene rings is 4. The van der Waals surface area contributed by atoms with Crippen LogP contribution in [0.3, 0.4) is 0 Å². The number of hydrogen-bond acceptors (Lipinski definition) is 7. The van der Waals surface area contributed by atoms with Gasteiger partial charge >= 0.3 is 0 Å². The van der Waals surface area contributed by atoms with E-state index in [1.165, 1.54) is 0 Å². The normalized spacial score (nSPS) is 12.7. The van der Waals surface area contributed by atoms with Crippen LogP contribution in [-0.2, 0) is 33.5 Å². The van der Waals surface area contributed by atoms with Gasteiger partial charge in [-0.3, -0.25) is 14.3 Å². The summed E-state index contributed by atoms with van der Waals surface area (Å²) < 4.78 is 44.7. The molecule has 1 aliphatic heterocycles. The SMILES string of the molecule is CCOc1c2c(c(OCC)c3ccccc13)C(=O)N(c1ccc(CS(=O)(=O)NC(=O)Cc3ccc(OC)cc3)cc1)C2. The first-order valence-corrected chi connectivity index (χ1v) is 15.3. The van der Waals surface area contributed by atoms with Crippen LogP contribution in [0.4, 0.5) is 5.69 Å². The van der Waals surface area contributed by atoms with Crippen molar-refractivity contribution in [3.8, 4) is 17.2 Å². The maximum atomic E-state index is 13.8. The first-order chi connectivity index (χ1) is 20.2. The minimum Gasteiger partial charge on any atom is -0.497 e. The van der Waals surface area contributed by atoms with Crippen LogP contribution < -0.4 is 23.8 Å². The highest BCUT2D eigenvalue weighted by Crippen LogP contribution is 2.46. The average Bonchev–Trinajstić information content (AvgIpc) is 3.31. The van der Waals surface area contributed by atoms with E-state index in [1.807, 2.05) is 38.1 Å². The van der Waals surface area contributed by atoms with Gasteiger partial charge in [-0.25, -0.2) is 8.42 Å². The molecule has 0 aromatic heterocycles. The molecule has 10 heteroatoms. The Morgan fingerprint density at radius 2 is 1.45 bits per heavy atom. The predicted octanol–water partition coefficient (Wildman–Crippen LogP) is 4.99. The molecule has 0 fully saturated rings. The topological polar surface area (TPSA) is 111 Å². The molecule has 5 rings (SSSR count). The number of nitrogens with zero attached hydrogens (tertiary/aromatic N) is 1. The van der Waals surface area contributed by atoms with Crippen molar-refractivity contribution in [2.24, 2.45) is 0 Å².